The summed E-state index contributed by atoms with van der Waals surface area (Å²) in [6, 6.07) is -13.8. The minimum absolute atomic E-state index is 0.00335. The van der Waals surface area contributed by atoms with Crippen LogP contribution in [0.2, 0.25) is 0 Å². The van der Waals surface area contributed by atoms with Crippen molar-refractivity contribution < 1.29 is 81.5 Å². The molecule has 0 saturated carbocycles. The molecule has 3 saturated heterocycles. The zero-order valence-electron chi connectivity index (χ0n) is 71.1. The number of nitrogens with two attached hydrogens (primary N) is 9. The topological polar surface area (TPSA) is 870 Å². The molecule has 17 amide bonds. The molecular formula is C76H126N34O17. The molecule has 0 bridgehead atoms. The van der Waals surface area contributed by atoms with Crippen molar-refractivity contribution in [3.05, 3.63) is 36.0 Å². The number of amides is 17. The van der Waals surface area contributed by atoms with Crippen LogP contribution < -0.4 is 142 Å². The molecule has 13 atom stereocenters. The maximum Gasteiger partial charge on any atom is 0.246 e. The number of para-hydroxylation sites is 1. The van der Waals surface area contributed by atoms with Crippen LogP contribution in [0.3, 0.4) is 0 Å². The van der Waals surface area contributed by atoms with E-state index in [0.29, 0.717) is 22.9 Å². The molecule has 1 aromatic heterocycles. The largest absolute Gasteiger partial charge is 0.370 e. The monoisotopic (exact) mass is 1790 g/mol. The highest BCUT2D eigenvalue weighted by Crippen LogP contribution is 2.28. The highest BCUT2D eigenvalue weighted by molar-refractivity contribution is 6.02. The molecule has 51 nitrogen and oxygen atoms in total. The molecule has 5 rings (SSSR count). The molecular weight excluding hydrogens is 1660 g/mol. The summed E-state index contributed by atoms with van der Waals surface area (Å²) in [5, 5.41) is 82.6. The van der Waals surface area contributed by atoms with Gasteiger partial charge in [0, 0.05) is 82.2 Å². The maximum absolute atomic E-state index is 15.3. The van der Waals surface area contributed by atoms with Crippen LogP contribution in [-0.4, -0.2) is 282 Å². The number of primary amides is 3. The van der Waals surface area contributed by atoms with E-state index in [2.05, 4.69) is 95.4 Å². The van der Waals surface area contributed by atoms with Gasteiger partial charge in [-0.3, -0.25) is 109 Å². The Labute approximate surface area is 731 Å². The summed E-state index contributed by atoms with van der Waals surface area (Å²) in [6.45, 7) is 0.0214. The normalized spacial score (nSPS) is 23.6. The van der Waals surface area contributed by atoms with Gasteiger partial charge in [0.25, 0.3) is 0 Å². The predicted molar refractivity (Wildman–Crippen MR) is 461 cm³/mol. The fourth-order valence-electron chi connectivity index (χ4n) is 14.4. The van der Waals surface area contributed by atoms with Crippen LogP contribution in [0.4, 0.5) is 0 Å². The van der Waals surface area contributed by atoms with E-state index in [1.807, 2.05) is 0 Å². The van der Waals surface area contributed by atoms with Gasteiger partial charge < -0.3 is 157 Å². The van der Waals surface area contributed by atoms with Crippen LogP contribution in [-0.2, 0) is 87.9 Å². The number of fused-ring (bicyclic) bond motifs is 3. The quantitative estimate of drug-likeness (QED) is 0.0176. The number of carbonyl (C=O) groups excluding carboxylic acids is 17. The van der Waals surface area contributed by atoms with Crippen molar-refractivity contribution in [3.8, 4) is 0 Å². The lowest BCUT2D eigenvalue weighted by atomic mass is 10.0. The Balaban J connectivity index is 1.67. The van der Waals surface area contributed by atoms with E-state index in [1.165, 1.54) is 16.7 Å². The zero-order chi connectivity index (χ0) is 94.0. The lowest BCUT2D eigenvalue weighted by Gasteiger charge is -2.34. The molecule has 702 valence electrons. The highest BCUT2D eigenvalue weighted by atomic mass is 16.2. The number of nitrogens with zero attached hydrogens (tertiary/aromatic N) is 2. The van der Waals surface area contributed by atoms with Gasteiger partial charge in [0.2, 0.25) is 100 Å². The summed E-state index contributed by atoms with van der Waals surface area (Å²) in [5.41, 5.74) is 51.5. The minimum atomic E-state index is -1.97. The molecule has 3 aliphatic heterocycles. The molecule has 1 aromatic carbocycles. The van der Waals surface area contributed by atoms with Crippen molar-refractivity contribution in [2.45, 2.75) is 233 Å². The van der Waals surface area contributed by atoms with E-state index in [-0.39, 0.29) is 162 Å². The van der Waals surface area contributed by atoms with E-state index in [0.717, 1.165) is 0 Å². The Bertz CT molecular complexity index is 4260. The molecule has 0 radical (unpaired) electrons. The summed E-state index contributed by atoms with van der Waals surface area (Å²) >= 11 is 0. The Morgan fingerprint density at radius 3 is 1.18 bits per heavy atom. The van der Waals surface area contributed by atoms with Gasteiger partial charge in [-0.15, -0.1) is 0 Å². The lowest BCUT2D eigenvalue weighted by Crippen LogP contribution is -2.61. The van der Waals surface area contributed by atoms with Gasteiger partial charge in [-0.1, -0.05) is 18.2 Å². The lowest BCUT2D eigenvalue weighted by molar-refractivity contribution is -0.148. The number of carbonyl (C=O) groups is 17. The Morgan fingerprint density at radius 2 is 0.740 bits per heavy atom. The van der Waals surface area contributed by atoms with Crippen molar-refractivity contribution in [1.82, 2.24) is 105 Å². The van der Waals surface area contributed by atoms with Crippen LogP contribution in [0.5, 0.6) is 0 Å². The van der Waals surface area contributed by atoms with Gasteiger partial charge >= 0.3 is 0 Å². The molecule has 2 aromatic rings. The van der Waals surface area contributed by atoms with Crippen molar-refractivity contribution in [3.63, 3.8) is 0 Å². The first kappa shape index (κ1) is 104. The molecule has 3 fully saturated rings. The van der Waals surface area contributed by atoms with Crippen molar-refractivity contribution in [2.24, 2.45) is 51.6 Å². The van der Waals surface area contributed by atoms with Crippen molar-refractivity contribution in [1.29, 1.82) is 27.0 Å². The molecule has 0 unspecified atom stereocenters. The second-order valence-corrected chi connectivity index (χ2v) is 30.9. The molecule has 4 heterocycles. The second kappa shape index (κ2) is 53.3. The fraction of sp³-hybridized carbons (Fsp3) is 0.605. The third kappa shape index (κ3) is 36.4. The number of aromatic amines is 1. The number of hydrogen-bond donors (Lipinski definition) is 32. The maximum atomic E-state index is 15.3. The first-order valence-corrected chi connectivity index (χ1v) is 42.0. The molecule has 51 heteroatoms. The molecule has 3 aliphatic rings. The molecule has 127 heavy (non-hydrogen) atoms. The first-order valence-electron chi connectivity index (χ1n) is 42.0. The molecule has 0 spiro atoms. The van der Waals surface area contributed by atoms with Gasteiger partial charge in [-0.2, -0.15) is 0 Å². The number of nitrogens with one attached hydrogen (secondary N) is 23. The van der Waals surface area contributed by atoms with Gasteiger partial charge in [-0.25, -0.2) is 0 Å². The minimum Gasteiger partial charge on any atom is -0.370 e. The number of guanidine groups is 5. The third-order valence-corrected chi connectivity index (χ3v) is 20.9. The van der Waals surface area contributed by atoms with Crippen LogP contribution in [0.15, 0.2) is 30.5 Å². The SMILES string of the molecule is C[C@@H]1NC(=O)[C@H](CCCNC(=N)N)NC(=O)[C@H](CCC(N)=O)NC(=O)[C@H](CCCNC(=N)N)NC(=O)[C@H](Cc2c[nH]c3ccccc23)NC(=O)[C@H]2CCCN2C(=O)[C@@H]2CCCN2C(=O)[C@H](CCCNC(=N)N)NC(=O)[C@H](CCCNC(=N)N)NC(=O)[C@H](CC(N)=O)NC(=O)[C@H](CCCNC(=N)N)NC(=O)[C@H](CCC(N)=O)NC(=O)CNC(=O)[C@H](CCCCN)NC1=O. The fourth-order valence-corrected chi connectivity index (χ4v) is 14.4. The predicted octanol–water partition coefficient (Wildman–Crippen LogP) is -11.0. The van der Waals surface area contributed by atoms with Crippen LogP contribution in [0.1, 0.15) is 154 Å². The van der Waals surface area contributed by atoms with E-state index in [4.69, 9.17) is 78.6 Å². The summed E-state index contributed by atoms with van der Waals surface area (Å²) in [5.74, 6) is -19.6. The number of hydrogen-bond acceptors (Lipinski definition) is 23. The Kier molecular flexibility index (Phi) is 43.5. The number of rotatable bonds is 34. The second-order valence-electron chi connectivity index (χ2n) is 30.9. The molecule has 0 aliphatic carbocycles. The standard InChI is InChI=1S/C76H126N34O17/c1-39-59(115)100-43(15-4-5-27-77)60(116)97-38-58(114)99-48(23-25-55(78)111)65(121)102-47(19-9-31-94-75(87)88)64(120)107-52(36-57(80)113)68(124)104-46(18-8-30-93-74(85)86)63(119)106-50(20-10-32-95-76(89)90)70(126)110-34-12-22-54(110)71(127)109-33-11-21-53(109)69(125)108-51(35-40-37-96-42-14-3-2-13-41(40)42)67(123)103-45(17-7-29-92-73(83)84)62(118)105-49(24-26-56(79)112)66(122)101-44(61(117)98-39)16-6-28-91-72(81)82/h2-3,13-14,37,39,43-54,96H,4-12,15-36,38,77H2,1H3,(H2,78,111)(H2,79,112)(H2,80,113)(H,97,116)(H,98,117)(H,99,114)(H,100,115)(H,101,122)(H,102,121)(H,103,123)(H,104,124)(H,105,118)(H,106,119)(H,107,120)(H,108,125)(H4,81,82,91)(H4,83,84,92)(H4,85,86,93)(H4,87,88,94)(H4,89,90,95)/t39-,43-,44-,45-,46-,47-,48-,49-,50-,51-,52-,53+,54-/m0/s1. The number of aromatic nitrogens is 1. The average molecular weight is 1790 g/mol. The third-order valence-electron chi connectivity index (χ3n) is 20.9. The Hall–Kier alpha value is -13.9. The highest BCUT2D eigenvalue weighted by Gasteiger charge is 2.46. The van der Waals surface area contributed by atoms with Gasteiger partial charge in [0.05, 0.1) is 13.0 Å². The summed E-state index contributed by atoms with van der Waals surface area (Å²) in [7, 11) is 0. The van der Waals surface area contributed by atoms with E-state index in [9.17, 15) is 62.3 Å². The number of H-pyrrole nitrogens is 1. The van der Waals surface area contributed by atoms with E-state index >= 15 is 19.2 Å². The first-order chi connectivity index (χ1) is 60.3. The van der Waals surface area contributed by atoms with Crippen molar-refractivity contribution in [2.75, 3.05) is 58.9 Å². The summed E-state index contributed by atoms with van der Waals surface area (Å²) in [6.07, 6.45) is -2.40. The molecule has 41 N–H and O–H groups in total. The zero-order valence-corrected chi connectivity index (χ0v) is 71.1. The van der Waals surface area contributed by atoms with Crippen molar-refractivity contribution >= 4 is 141 Å². The van der Waals surface area contributed by atoms with E-state index < -0.39 is 247 Å². The Morgan fingerprint density at radius 1 is 0.386 bits per heavy atom. The van der Waals surface area contributed by atoms with Crippen LogP contribution >= 0.6 is 0 Å². The van der Waals surface area contributed by atoms with Gasteiger partial charge in [0.15, 0.2) is 29.8 Å². The summed E-state index contributed by atoms with van der Waals surface area (Å²) in [4.78, 5) is 250. The van der Waals surface area contributed by atoms with Gasteiger partial charge in [0.1, 0.15) is 78.5 Å². The number of unbranched alkanes of at least 4 members (excludes halogenated alkanes) is 1. The van der Waals surface area contributed by atoms with E-state index in [1.54, 1.807) is 30.5 Å². The van der Waals surface area contributed by atoms with Gasteiger partial charge in [-0.05, 0) is 147 Å². The van der Waals surface area contributed by atoms with Crippen LogP contribution in [0.25, 0.3) is 10.9 Å². The van der Waals surface area contributed by atoms with Crippen LogP contribution in [0, 0.1) is 27.0 Å². The smallest absolute Gasteiger partial charge is 0.246 e. The average Bonchev–Trinajstić information content (AvgIpc) is 1.66. The summed E-state index contributed by atoms with van der Waals surface area (Å²) < 4.78 is 0. The number of benzene rings is 1.